The van der Waals surface area contributed by atoms with E-state index in [0.29, 0.717) is 24.9 Å². The standard InChI is InChI=1S/C13H20N2O3S/c1-9-5-10(2)8-15(7-9)19(17,18)11-3-4-13(16)12(14)6-11/h3-4,6,9-10,16H,5,7-8,14H2,1-2H3. The number of aromatic hydroxyl groups is 1. The van der Waals surface area contributed by atoms with Gasteiger partial charge < -0.3 is 10.8 Å². The van der Waals surface area contributed by atoms with Crippen LogP contribution in [-0.4, -0.2) is 30.9 Å². The molecule has 1 aliphatic rings. The number of nitrogens with zero attached hydrogens (tertiary/aromatic N) is 1. The number of phenolic OH excluding ortho intramolecular Hbond substituents is 1. The number of nitrogens with two attached hydrogens (primary N) is 1. The van der Waals surface area contributed by atoms with Gasteiger partial charge in [-0.15, -0.1) is 0 Å². The summed E-state index contributed by atoms with van der Waals surface area (Å²) in [7, 11) is -3.52. The lowest BCUT2D eigenvalue weighted by molar-refractivity contribution is 0.222. The molecule has 0 aromatic heterocycles. The van der Waals surface area contributed by atoms with Crippen LogP contribution < -0.4 is 5.73 Å². The third-order valence-electron chi connectivity index (χ3n) is 3.47. The minimum absolute atomic E-state index is 0.0826. The number of piperidine rings is 1. The van der Waals surface area contributed by atoms with E-state index < -0.39 is 10.0 Å². The molecule has 2 atom stereocenters. The Kier molecular flexibility index (Phi) is 3.73. The van der Waals surface area contributed by atoms with Crippen LogP contribution in [0, 0.1) is 11.8 Å². The van der Waals surface area contributed by atoms with E-state index in [-0.39, 0.29) is 16.3 Å². The van der Waals surface area contributed by atoms with Crippen molar-refractivity contribution < 1.29 is 13.5 Å². The molecule has 1 heterocycles. The molecule has 0 saturated carbocycles. The molecule has 0 aliphatic carbocycles. The first-order chi connectivity index (χ1) is 8.80. The van der Waals surface area contributed by atoms with Crippen molar-refractivity contribution in [1.29, 1.82) is 0 Å². The van der Waals surface area contributed by atoms with Gasteiger partial charge in [-0.2, -0.15) is 4.31 Å². The predicted molar refractivity (Wildman–Crippen MR) is 74.2 cm³/mol. The highest BCUT2D eigenvalue weighted by Gasteiger charge is 2.31. The number of rotatable bonds is 2. The molecule has 1 saturated heterocycles. The highest BCUT2D eigenvalue weighted by Crippen LogP contribution is 2.29. The molecule has 1 fully saturated rings. The summed E-state index contributed by atoms with van der Waals surface area (Å²) < 4.78 is 26.6. The Morgan fingerprint density at radius 2 is 1.84 bits per heavy atom. The van der Waals surface area contributed by atoms with Gasteiger partial charge in [-0.1, -0.05) is 13.8 Å². The average Bonchev–Trinajstić information content (AvgIpc) is 2.31. The first kappa shape index (κ1) is 14.1. The van der Waals surface area contributed by atoms with Crippen LogP contribution in [0.1, 0.15) is 20.3 Å². The van der Waals surface area contributed by atoms with Gasteiger partial charge in [-0.05, 0) is 36.5 Å². The second-order valence-electron chi connectivity index (χ2n) is 5.49. The van der Waals surface area contributed by atoms with Crippen LogP contribution >= 0.6 is 0 Å². The summed E-state index contributed by atoms with van der Waals surface area (Å²) in [5, 5.41) is 9.37. The number of anilines is 1. The van der Waals surface area contributed by atoms with Crippen LogP contribution in [0.15, 0.2) is 23.1 Å². The van der Waals surface area contributed by atoms with Crippen molar-refractivity contribution in [1.82, 2.24) is 4.31 Å². The van der Waals surface area contributed by atoms with Crippen LogP contribution in [0.3, 0.4) is 0 Å². The maximum Gasteiger partial charge on any atom is 0.243 e. The third-order valence-corrected chi connectivity index (χ3v) is 5.30. The quantitative estimate of drug-likeness (QED) is 0.639. The van der Waals surface area contributed by atoms with E-state index in [0.717, 1.165) is 6.42 Å². The monoisotopic (exact) mass is 284 g/mol. The van der Waals surface area contributed by atoms with E-state index in [9.17, 15) is 13.5 Å². The van der Waals surface area contributed by atoms with Crippen molar-refractivity contribution in [2.45, 2.75) is 25.2 Å². The predicted octanol–water partition coefficient (Wildman–Crippen LogP) is 1.64. The molecule has 1 aromatic rings. The maximum atomic E-state index is 12.5. The Morgan fingerprint density at radius 3 is 2.37 bits per heavy atom. The zero-order chi connectivity index (χ0) is 14.2. The van der Waals surface area contributed by atoms with Crippen LogP contribution in [0.25, 0.3) is 0 Å². The lowest BCUT2D eigenvalue weighted by Crippen LogP contribution is -2.42. The number of hydrogen-bond acceptors (Lipinski definition) is 4. The zero-order valence-electron chi connectivity index (χ0n) is 11.2. The Labute approximate surface area is 114 Å². The van der Waals surface area contributed by atoms with Gasteiger partial charge in [0.05, 0.1) is 10.6 Å². The topological polar surface area (TPSA) is 83.6 Å². The molecule has 0 bridgehead atoms. The number of hydrogen-bond donors (Lipinski definition) is 2. The van der Waals surface area contributed by atoms with Crippen LogP contribution in [-0.2, 0) is 10.0 Å². The van der Waals surface area contributed by atoms with Crippen molar-refractivity contribution in [2.24, 2.45) is 11.8 Å². The van der Waals surface area contributed by atoms with E-state index in [1.165, 1.54) is 22.5 Å². The highest BCUT2D eigenvalue weighted by molar-refractivity contribution is 7.89. The average molecular weight is 284 g/mol. The van der Waals surface area contributed by atoms with Gasteiger partial charge >= 0.3 is 0 Å². The molecule has 19 heavy (non-hydrogen) atoms. The number of phenols is 1. The largest absolute Gasteiger partial charge is 0.506 e. The molecule has 2 unspecified atom stereocenters. The molecule has 106 valence electrons. The lowest BCUT2D eigenvalue weighted by atomic mass is 9.94. The minimum atomic E-state index is -3.52. The Balaban J connectivity index is 2.33. The fourth-order valence-electron chi connectivity index (χ4n) is 2.64. The Morgan fingerprint density at radius 1 is 1.26 bits per heavy atom. The minimum Gasteiger partial charge on any atom is -0.506 e. The normalized spacial score (nSPS) is 25.4. The summed E-state index contributed by atoms with van der Waals surface area (Å²) in [6.07, 6.45) is 1.05. The van der Waals surface area contributed by atoms with Gasteiger partial charge in [0.25, 0.3) is 0 Å². The second kappa shape index (κ2) is 5.02. The van der Waals surface area contributed by atoms with E-state index in [1.54, 1.807) is 0 Å². The molecule has 1 aliphatic heterocycles. The van der Waals surface area contributed by atoms with Gasteiger partial charge in [0, 0.05) is 13.1 Å². The molecular formula is C13H20N2O3S. The number of benzene rings is 1. The fourth-order valence-corrected chi connectivity index (χ4v) is 4.36. The van der Waals surface area contributed by atoms with E-state index in [2.05, 4.69) is 13.8 Å². The highest BCUT2D eigenvalue weighted by atomic mass is 32.2. The first-order valence-corrected chi connectivity index (χ1v) is 7.83. The smallest absolute Gasteiger partial charge is 0.243 e. The summed E-state index contributed by atoms with van der Waals surface area (Å²) in [6.45, 7) is 5.19. The second-order valence-corrected chi connectivity index (χ2v) is 7.43. The SMILES string of the molecule is CC1CC(C)CN(S(=O)(=O)c2ccc(O)c(N)c2)C1. The van der Waals surface area contributed by atoms with E-state index in [1.807, 2.05) is 0 Å². The van der Waals surface area contributed by atoms with Crippen molar-refractivity contribution in [3.8, 4) is 5.75 Å². The fraction of sp³-hybridized carbons (Fsp3) is 0.538. The van der Waals surface area contributed by atoms with E-state index in [4.69, 9.17) is 5.73 Å². The van der Waals surface area contributed by atoms with E-state index >= 15 is 0 Å². The summed E-state index contributed by atoms with van der Waals surface area (Å²) in [6, 6.07) is 4.03. The number of nitrogen functional groups attached to an aromatic ring is 1. The molecule has 1 aromatic carbocycles. The van der Waals surface area contributed by atoms with Crippen molar-refractivity contribution in [2.75, 3.05) is 18.8 Å². The molecule has 5 nitrogen and oxygen atoms in total. The molecule has 0 spiro atoms. The number of sulfonamides is 1. The van der Waals surface area contributed by atoms with Crippen molar-refractivity contribution in [3.05, 3.63) is 18.2 Å². The molecule has 0 amide bonds. The van der Waals surface area contributed by atoms with Crippen LogP contribution in [0.4, 0.5) is 5.69 Å². The Bertz CT molecular complexity index is 561. The maximum absolute atomic E-state index is 12.5. The third kappa shape index (κ3) is 2.84. The van der Waals surface area contributed by atoms with Gasteiger partial charge in [-0.25, -0.2) is 8.42 Å². The zero-order valence-corrected chi connectivity index (χ0v) is 12.0. The molecular weight excluding hydrogens is 264 g/mol. The molecule has 6 heteroatoms. The van der Waals surface area contributed by atoms with Crippen molar-refractivity contribution >= 4 is 15.7 Å². The molecule has 3 N–H and O–H groups in total. The summed E-state index contributed by atoms with van der Waals surface area (Å²) in [4.78, 5) is 0.143. The van der Waals surface area contributed by atoms with Crippen LogP contribution in [0.2, 0.25) is 0 Å². The summed E-state index contributed by atoms with van der Waals surface area (Å²) in [5.41, 5.74) is 5.65. The van der Waals surface area contributed by atoms with Gasteiger partial charge in [0.1, 0.15) is 5.75 Å². The summed E-state index contributed by atoms with van der Waals surface area (Å²) in [5.74, 6) is 0.611. The van der Waals surface area contributed by atoms with Gasteiger partial charge in [-0.3, -0.25) is 0 Å². The lowest BCUT2D eigenvalue weighted by Gasteiger charge is -2.34. The first-order valence-electron chi connectivity index (χ1n) is 6.39. The summed E-state index contributed by atoms with van der Waals surface area (Å²) >= 11 is 0. The Hall–Kier alpha value is -1.27. The van der Waals surface area contributed by atoms with Gasteiger partial charge in [0.2, 0.25) is 10.0 Å². The molecule has 0 radical (unpaired) electrons. The molecule has 2 rings (SSSR count). The van der Waals surface area contributed by atoms with Crippen molar-refractivity contribution in [3.63, 3.8) is 0 Å². The van der Waals surface area contributed by atoms with Gasteiger partial charge in [0.15, 0.2) is 0 Å². The van der Waals surface area contributed by atoms with Crippen LogP contribution in [0.5, 0.6) is 5.75 Å².